The summed E-state index contributed by atoms with van der Waals surface area (Å²) < 4.78 is 0. The number of aliphatic hydroxyl groups is 1. The molecule has 2 heterocycles. The average molecular weight is 207 g/mol. The minimum atomic E-state index is 0.215. The highest BCUT2D eigenvalue weighted by atomic mass is 16.3. The van der Waals surface area contributed by atoms with Gasteiger partial charge in [0.05, 0.1) is 6.61 Å². The van der Waals surface area contributed by atoms with Gasteiger partial charge in [-0.15, -0.1) is 0 Å². The van der Waals surface area contributed by atoms with Crippen LogP contribution in [0.15, 0.2) is 24.5 Å². The third-order valence-electron chi connectivity index (χ3n) is 2.72. The van der Waals surface area contributed by atoms with Gasteiger partial charge in [0.2, 0.25) is 0 Å². The van der Waals surface area contributed by atoms with E-state index < -0.39 is 0 Å². The zero-order chi connectivity index (χ0) is 10.5. The summed E-state index contributed by atoms with van der Waals surface area (Å²) in [5, 5.41) is 12.4. The van der Waals surface area contributed by atoms with Crippen LogP contribution < -0.4 is 5.32 Å². The van der Waals surface area contributed by atoms with Crippen LogP contribution in [0.1, 0.15) is 5.56 Å². The zero-order valence-electron chi connectivity index (χ0n) is 8.76. The third kappa shape index (κ3) is 2.99. The average Bonchev–Trinajstić information content (AvgIpc) is 2.31. The second-order valence-corrected chi connectivity index (χ2v) is 3.92. The summed E-state index contributed by atoms with van der Waals surface area (Å²) in [5.41, 5.74) is 1.28. The van der Waals surface area contributed by atoms with E-state index in [4.69, 9.17) is 5.11 Å². The summed E-state index contributed by atoms with van der Waals surface area (Å²) in [6.07, 6.45) is 3.64. The summed E-state index contributed by atoms with van der Waals surface area (Å²) in [7, 11) is 0. The minimum Gasteiger partial charge on any atom is -0.395 e. The Balaban J connectivity index is 1.89. The lowest BCUT2D eigenvalue weighted by Crippen LogP contribution is -2.51. The first-order valence-electron chi connectivity index (χ1n) is 5.34. The van der Waals surface area contributed by atoms with E-state index in [2.05, 4.69) is 15.2 Å². The van der Waals surface area contributed by atoms with Crippen molar-refractivity contribution in [3.63, 3.8) is 0 Å². The van der Waals surface area contributed by atoms with E-state index in [0.29, 0.717) is 0 Å². The van der Waals surface area contributed by atoms with Gasteiger partial charge in [-0.25, -0.2) is 0 Å². The van der Waals surface area contributed by atoms with Crippen molar-refractivity contribution >= 4 is 0 Å². The maximum atomic E-state index is 9.08. The number of nitrogens with one attached hydrogen (secondary N) is 1. The van der Waals surface area contributed by atoms with E-state index in [1.165, 1.54) is 5.56 Å². The molecule has 4 heteroatoms. The number of nitrogens with zero attached hydrogens (tertiary/aromatic N) is 2. The van der Waals surface area contributed by atoms with Crippen molar-refractivity contribution in [1.29, 1.82) is 0 Å². The molecular formula is C11H17N3O. The second-order valence-electron chi connectivity index (χ2n) is 3.92. The fourth-order valence-electron chi connectivity index (χ4n) is 1.91. The van der Waals surface area contributed by atoms with Gasteiger partial charge in [-0.2, -0.15) is 0 Å². The Hall–Kier alpha value is -0.970. The van der Waals surface area contributed by atoms with E-state index in [-0.39, 0.29) is 12.6 Å². The normalized spacial score (nSPS) is 22.9. The van der Waals surface area contributed by atoms with Crippen molar-refractivity contribution in [2.75, 3.05) is 26.2 Å². The number of piperazine rings is 1. The molecule has 1 saturated heterocycles. The molecule has 0 aliphatic carbocycles. The summed E-state index contributed by atoms with van der Waals surface area (Å²) in [6.45, 7) is 4.07. The maximum absolute atomic E-state index is 9.08. The van der Waals surface area contributed by atoms with E-state index >= 15 is 0 Å². The van der Waals surface area contributed by atoms with Gasteiger partial charge in [-0.1, -0.05) is 0 Å². The monoisotopic (exact) mass is 207 g/mol. The molecule has 2 N–H and O–H groups in total. The molecule has 15 heavy (non-hydrogen) atoms. The minimum absolute atomic E-state index is 0.215. The molecule has 1 aromatic heterocycles. The van der Waals surface area contributed by atoms with E-state index in [1.807, 2.05) is 24.5 Å². The molecule has 0 amide bonds. The van der Waals surface area contributed by atoms with Crippen molar-refractivity contribution < 1.29 is 5.11 Å². The number of pyridine rings is 1. The Morgan fingerprint density at radius 2 is 2.27 bits per heavy atom. The van der Waals surface area contributed by atoms with Crippen LogP contribution >= 0.6 is 0 Å². The lowest BCUT2D eigenvalue weighted by atomic mass is 10.2. The van der Waals surface area contributed by atoms with Crippen LogP contribution in [-0.4, -0.2) is 47.3 Å². The van der Waals surface area contributed by atoms with E-state index in [9.17, 15) is 0 Å². The van der Waals surface area contributed by atoms with Crippen LogP contribution in [0.3, 0.4) is 0 Å². The van der Waals surface area contributed by atoms with Crippen molar-refractivity contribution in [2.45, 2.75) is 12.6 Å². The Kier molecular flexibility index (Phi) is 3.66. The Morgan fingerprint density at radius 1 is 1.47 bits per heavy atom. The maximum Gasteiger partial charge on any atom is 0.0597 e. The third-order valence-corrected chi connectivity index (χ3v) is 2.72. The molecule has 0 aromatic carbocycles. The summed E-state index contributed by atoms with van der Waals surface area (Å²) in [5.74, 6) is 0. The smallest absolute Gasteiger partial charge is 0.0597 e. The predicted molar refractivity (Wildman–Crippen MR) is 58.4 cm³/mol. The van der Waals surface area contributed by atoms with Crippen molar-refractivity contribution in [2.24, 2.45) is 0 Å². The molecule has 0 spiro atoms. The fourth-order valence-corrected chi connectivity index (χ4v) is 1.91. The van der Waals surface area contributed by atoms with Crippen molar-refractivity contribution in [3.05, 3.63) is 30.1 Å². The Morgan fingerprint density at radius 3 is 3.00 bits per heavy atom. The second kappa shape index (κ2) is 5.21. The largest absolute Gasteiger partial charge is 0.395 e. The molecule has 1 aliphatic rings. The van der Waals surface area contributed by atoms with Crippen LogP contribution in [0.25, 0.3) is 0 Å². The van der Waals surface area contributed by atoms with Crippen molar-refractivity contribution in [1.82, 2.24) is 15.2 Å². The summed E-state index contributed by atoms with van der Waals surface area (Å²) in [4.78, 5) is 6.35. The van der Waals surface area contributed by atoms with Crippen molar-refractivity contribution in [3.8, 4) is 0 Å². The molecular weight excluding hydrogens is 190 g/mol. The quantitative estimate of drug-likeness (QED) is 0.723. The van der Waals surface area contributed by atoms with E-state index in [1.54, 1.807) is 0 Å². The fraction of sp³-hybridized carbons (Fsp3) is 0.545. The first-order chi connectivity index (χ1) is 7.38. The van der Waals surface area contributed by atoms with Gasteiger partial charge in [-0.05, 0) is 17.7 Å². The Bertz CT molecular complexity index is 291. The highest BCUT2D eigenvalue weighted by molar-refractivity contribution is 5.09. The molecule has 1 fully saturated rings. The predicted octanol–water partition coefficient (Wildman–Crippen LogP) is -0.152. The topological polar surface area (TPSA) is 48.4 Å². The van der Waals surface area contributed by atoms with Gasteiger partial charge in [0.15, 0.2) is 0 Å². The molecule has 82 valence electrons. The molecule has 1 aliphatic heterocycles. The van der Waals surface area contributed by atoms with Crippen LogP contribution in [0, 0.1) is 0 Å². The molecule has 1 atom stereocenters. The van der Waals surface area contributed by atoms with Gasteiger partial charge in [0, 0.05) is 44.6 Å². The van der Waals surface area contributed by atoms with Gasteiger partial charge in [0.25, 0.3) is 0 Å². The van der Waals surface area contributed by atoms with Crippen LogP contribution in [0.4, 0.5) is 0 Å². The number of hydrogen-bond donors (Lipinski definition) is 2. The molecule has 2 rings (SSSR count). The molecule has 4 nitrogen and oxygen atoms in total. The standard InChI is InChI=1S/C11H17N3O/c15-9-11-8-14(6-5-13-11)7-10-1-3-12-4-2-10/h1-4,11,13,15H,5-9H2. The zero-order valence-corrected chi connectivity index (χ0v) is 8.76. The molecule has 0 radical (unpaired) electrons. The first kappa shape index (κ1) is 10.5. The first-order valence-corrected chi connectivity index (χ1v) is 5.34. The van der Waals surface area contributed by atoms with Crippen LogP contribution in [0.5, 0.6) is 0 Å². The molecule has 1 unspecified atom stereocenters. The summed E-state index contributed by atoms with van der Waals surface area (Å²) in [6, 6.07) is 4.30. The van der Waals surface area contributed by atoms with Gasteiger partial charge in [-0.3, -0.25) is 9.88 Å². The number of rotatable bonds is 3. The van der Waals surface area contributed by atoms with E-state index in [0.717, 1.165) is 26.2 Å². The van der Waals surface area contributed by atoms with Gasteiger partial charge < -0.3 is 10.4 Å². The molecule has 0 saturated carbocycles. The molecule has 1 aromatic rings. The number of aliphatic hydroxyl groups excluding tert-OH is 1. The lowest BCUT2D eigenvalue weighted by molar-refractivity contribution is 0.143. The van der Waals surface area contributed by atoms with Crippen LogP contribution in [-0.2, 0) is 6.54 Å². The van der Waals surface area contributed by atoms with Gasteiger partial charge >= 0.3 is 0 Å². The number of hydrogen-bond acceptors (Lipinski definition) is 4. The van der Waals surface area contributed by atoms with Crippen LogP contribution in [0.2, 0.25) is 0 Å². The number of aromatic nitrogens is 1. The Labute approximate surface area is 89.9 Å². The molecule has 0 bridgehead atoms. The highest BCUT2D eigenvalue weighted by Gasteiger charge is 2.17. The SMILES string of the molecule is OCC1CN(Cc2ccncc2)CCN1. The summed E-state index contributed by atoms with van der Waals surface area (Å²) >= 11 is 0. The lowest BCUT2D eigenvalue weighted by Gasteiger charge is -2.32. The van der Waals surface area contributed by atoms with Gasteiger partial charge in [0.1, 0.15) is 0 Å². The highest BCUT2D eigenvalue weighted by Crippen LogP contribution is 2.06.